The van der Waals surface area contributed by atoms with Gasteiger partial charge in [-0.05, 0) is 58.9 Å². The van der Waals surface area contributed by atoms with Gasteiger partial charge in [0.25, 0.3) is 0 Å². The van der Waals surface area contributed by atoms with Gasteiger partial charge in [-0.25, -0.2) is 0 Å². The molecule has 0 radical (unpaired) electrons. The van der Waals surface area contributed by atoms with Gasteiger partial charge in [0.1, 0.15) is 0 Å². The molecule has 0 spiro atoms. The van der Waals surface area contributed by atoms with E-state index < -0.39 is 77.0 Å². The van der Waals surface area contributed by atoms with Crippen molar-refractivity contribution in [3.8, 4) is 0 Å². The van der Waals surface area contributed by atoms with Crippen molar-refractivity contribution in [1.82, 2.24) is 0 Å². The lowest BCUT2D eigenvalue weighted by Gasteiger charge is -2.46. The number of hydrogen-bond acceptors (Lipinski definition) is 9. The van der Waals surface area contributed by atoms with Gasteiger partial charge in [-0.15, -0.1) is 59.2 Å². The summed E-state index contributed by atoms with van der Waals surface area (Å²) in [6.45, 7) is 53.5. The van der Waals surface area contributed by atoms with E-state index in [4.69, 9.17) is 37.0 Å². The third-order valence-corrected chi connectivity index (χ3v) is 42.8. The first kappa shape index (κ1) is 42.3. The molecule has 1 saturated heterocycles. The third-order valence-electron chi connectivity index (χ3n) is 6.98. The number of rotatable bonds is 9. The van der Waals surface area contributed by atoms with E-state index in [9.17, 15) is 0 Å². The molecule has 0 amide bonds. The van der Waals surface area contributed by atoms with Crippen molar-refractivity contribution in [3.63, 3.8) is 0 Å². The zero-order valence-corrected chi connectivity index (χ0v) is 37.7. The highest BCUT2D eigenvalue weighted by Crippen LogP contribution is 2.34. The van der Waals surface area contributed by atoms with E-state index in [2.05, 4.69) is 59.2 Å². The molecule has 252 valence electrons. The summed E-state index contributed by atoms with van der Waals surface area (Å²) >= 11 is 0. The van der Waals surface area contributed by atoms with Gasteiger partial charge >= 0.3 is 77.0 Å². The average Bonchev–Trinajstić information content (AvgIpc) is 2.95. The Morgan fingerprint density at radius 3 is 0.333 bits per heavy atom. The van der Waals surface area contributed by atoms with Crippen LogP contribution in [0.25, 0.3) is 0 Å². The van der Waals surface area contributed by atoms with Gasteiger partial charge in [-0.2, -0.15) is 0 Å². The van der Waals surface area contributed by atoms with Crippen LogP contribution in [0.4, 0.5) is 0 Å². The molecule has 0 aromatic carbocycles. The molecule has 0 N–H and O–H groups in total. The van der Waals surface area contributed by atoms with Gasteiger partial charge in [-0.3, -0.25) is 0 Å². The van der Waals surface area contributed by atoms with E-state index in [1.165, 1.54) is 0 Å². The molecule has 0 unspecified atom stereocenters. The van der Waals surface area contributed by atoms with Crippen LogP contribution in [0.1, 0.15) is 0 Å². The van der Waals surface area contributed by atoms with Crippen LogP contribution < -0.4 is 0 Å². The van der Waals surface area contributed by atoms with Gasteiger partial charge in [-0.1, -0.05) is 51.3 Å². The summed E-state index contributed by atoms with van der Waals surface area (Å²) in [5.41, 5.74) is 15.2. The van der Waals surface area contributed by atoms with Gasteiger partial charge in [0.2, 0.25) is 0 Å². The standard InChI is InChI=1S/C27H54O9Si9/c1-19-37(10)28-38(11,20-2)30-40(13,22-4)32-42(15,24-6)34-44(17,26-8)36-45(18,27-9)35-43(16,25-7)33-41(14,23-5)31-39(12,21-3)29-37/h19-27H,1-9H2,10-18H3. The van der Waals surface area contributed by atoms with E-state index in [0.717, 1.165) is 0 Å². The monoisotopic (exact) mass is 774 g/mol. The molecule has 0 saturated carbocycles. The lowest BCUT2D eigenvalue weighted by atomic mass is 11.3. The van der Waals surface area contributed by atoms with E-state index in [1.54, 1.807) is 51.3 Å². The Morgan fingerprint density at radius 2 is 0.289 bits per heavy atom. The normalized spacial score (nSPS) is 45.8. The molecule has 1 aliphatic rings. The molecule has 1 heterocycles. The molecule has 0 atom stereocenters. The van der Waals surface area contributed by atoms with Crippen LogP contribution in [0.5, 0.6) is 0 Å². The SMILES string of the molecule is C=C[Si]1(C)O[Si](C)(C=C)O[Si](C)(C=C)O[Si](C)(C=C)O[Si](C)(C=C)O[Si](C)(C=C)O[Si](C)(C=C)O[Si](C)(C=C)O[Si](C)(C=C)O1. The first-order valence-electron chi connectivity index (χ1n) is 14.4. The first-order valence-corrected chi connectivity index (χ1v) is 36.0. The third kappa shape index (κ3) is 11.4. The Morgan fingerprint density at radius 1 is 0.222 bits per heavy atom. The molecule has 0 bridgehead atoms. The van der Waals surface area contributed by atoms with Crippen molar-refractivity contribution in [3.05, 3.63) is 111 Å². The molecule has 1 fully saturated rings. The maximum atomic E-state index is 6.77. The van der Waals surface area contributed by atoms with Crippen LogP contribution in [-0.4, -0.2) is 77.0 Å². The summed E-state index contributed by atoms with van der Waals surface area (Å²) in [5.74, 6) is 0. The van der Waals surface area contributed by atoms with Crippen LogP contribution in [0.3, 0.4) is 0 Å². The van der Waals surface area contributed by atoms with Gasteiger partial charge in [0, 0.05) is 0 Å². The molecule has 0 aromatic rings. The topological polar surface area (TPSA) is 83.1 Å². The van der Waals surface area contributed by atoms with E-state index in [0.29, 0.717) is 0 Å². The average molecular weight is 775 g/mol. The molecule has 1 rings (SSSR count). The van der Waals surface area contributed by atoms with Crippen molar-refractivity contribution >= 4 is 77.0 Å². The Balaban J connectivity index is 4.05. The maximum absolute atomic E-state index is 6.77. The minimum atomic E-state index is -3.22. The zero-order chi connectivity index (χ0) is 35.2. The molecule has 45 heavy (non-hydrogen) atoms. The van der Waals surface area contributed by atoms with Crippen molar-refractivity contribution < 1.29 is 37.0 Å². The van der Waals surface area contributed by atoms with Gasteiger partial charge < -0.3 is 37.0 Å². The predicted octanol–water partition coefficient (Wildman–Crippen LogP) is 7.32. The quantitative estimate of drug-likeness (QED) is 0.224. The van der Waals surface area contributed by atoms with Crippen molar-refractivity contribution in [2.75, 3.05) is 0 Å². The lowest BCUT2D eigenvalue weighted by molar-refractivity contribution is 0.253. The van der Waals surface area contributed by atoms with E-state index >= 15 is 0 Å². The molecule has 1 aliphatic heterocycles. The second-order valence-corrected chi connectivity index (χ2v) is 41.2. The highest BCUT2D eigenvalue weighted by atomic mass is 28.5. The van der Waals surface area contributed by atoms with E-state index in [-0.39, 0.29) is 0 Å². The van der Waals surface area contributed by atoms with Crippen LogP contribution in [-0.2, 0) is 37.0 Å². The summed E-state index contributed by atoms with van der Waals surface area (Å²) in [6.07, 6.45) is 0. The molecule has 9 nitrogen and oxygen atoms in total. The highest BCUT2D eigenvalue weighted by Gasteiger charge is 2.55. The predicted molar refractivity (Wildman–Crippen MR) is 206 cm³/mol. The lowest BCUT2D eigenvalue weighted by Crippen LogP contribution is -2.65. The number of hydrogen-bond donors (Lipinski definition) is 0. The fourth-order valence-corrected chi connectivity index (χ4v) is 44.4. The Labute approximate surface area is 282 Å². The van der Waals surface area contributed by atoms with Crippen LogP contribution in [0.15, 0.2) is 111 Å². The maximum Gasteiger partial charge on any atom is 0.344 e. The zero-order valence-electron chi connectivity index (χ0n) is 28.7. The second kappa shape index (κ2) is 15.2. The molecular formula is C27H54O9Si9. The van der Waals surface area contributed by atoms with Crippen molar-refractivity contribution in [2.45, 2.75) is 58.9 Å². The largest absolute Gasteiger partial charge is 0.410 e. The fourth-order valence-electron chi connectivity index (χ4n) is 4.56. The molecular weight excluding hydrogens is 721 g/mol. The Kier molecular flexibility index (Phi) is 14.3. The Hall–Kier alpha value is -0.748. The van der Waals surface area contributed by atoms with Crippen molar-refractivity contribution in [1.29, 1.82) is 0 Å². The van der Waals surface area contributed by atoms with Crippen LogP contribution in [0, 0.1) is 0 Å². The summed E-state index contributed by atoms with van der Waals surface area (Å²) in [7, 11) is -29.0. The summed E-state index contributed by atoms with van der Waals surface area (Å²) < 4.78 is 61.0. The fraction of sp³-hybridized carbons (Fsp3) is 0.333. The summed E-state index contributed by atoms with van der Waals surface area (Å²) in [4.78, 5) is 0. The molecule has 0 aliphatic carbocycles. The highest BCUT2D eigenvalue weighted by molar-refractivity contribution is 6.99. The van der Waals surface area contributed by atoms with Crippen LogP contribution in [0.2, 0.25) is 58.9 Å². The molecule has 18 heteroatoms. The minimum Gasteiger partial charge on any atom is -0.410 e. The first-order chi connectivity index (χ1) is 20.4. The summed E-state index contributed by atoms with van der Waals surface area (Å²) in [5, 5.41) is 0. The van der Waals surface area contributed by atoms with Crippen LogP contribution >= 0.6 is 0 Å². The minimum absolute atomic E-state index is 1.69. The summed E-state index contributed by atoms with van der Waals surface area (Å²) in [6, 6.07) is 0. The Bertz CT molecular complexity index is 891. The molecule has 0 aromatic heterocycles. The van der Waals surface area contributed by atoms with Gasteiger partial charge in [0.15, 0.2) is 0 Å². The van der Waals surface area contributed by atoms with Gasteiger partial charge in [0.05, 0.1) is 0 Å². The van der Waals surface area contributed by atoms with Crippen molar-refractivity contribution in [2.24, 2.45) is 0 Å². The second-order valence-electron chi connectivity index (χ2n) is 11.9. The smallest absolute Gasteiger partial charge is 0.344 e. The van der Waals surface area contributed by atoms with E-state index in [1.807, 2.05) is 58.9 Å².